The normalized spacial score (nSPS) is 18.5. The summed E-state index contributed by atoms with van der Waals surface area (Å²) in [6.07, 6.45) is 0.443. The van der Waals surface area contributed by atoms with Gasteiger partial charge in [0.15, 0.2) is 0 Å². The number of hydrogen-bond donors (Lipinski definition) is 1. The maximum atomic E-state index is 11.8. The Bertz CT molecular complexity index is 187. The zero-order chi connectivity index (χ0) is 9.07. The molecule has 0 rings (SSSR count). The van der Waals surface area contributed by atoms with Crippen molar-refractivity contribution in [2.24, 2.45) is 5.92 Å². The fourth-order valence-electron chi connectivity index (χ4n) is 0.368. The van der Waals surface area contributed by atoms with E-state index in [4.69, 9.17) is 4.89 Å². The number of carbonyl (C=O) groups is 1. The highest BCUT2D eigenvalue weighted by Gasteiger charge is 2.25. The van der Waals surface area contributed by atoms with Gasteiger partial charge in [-0.3, -0.25) is 9.69 Å². The van der Waals surface area contributed by atoms with Crippen LogP contribution in [0.5, 0.6) is 0 Å². The van der Waals surface area contributed by atoms with Crippen molar-refractivity contribution in [3.63, 3.8) is 0 Å². The molecule has 66 valence electrons. The Kier molecular flexibility index (Phi) is 3.69. The van der Waals surface area contributed by atoms with Gasteiger partial charge in [0.1, 0.15) is 0 Å². The summed E-state index contributed by atoms with van der Waals surface area (Å²) in [5, 5.41) is 0. The van der Waals surface area contributed by atoms with Crippen molar-refractivity contribution in [3.8, 4) is 0 Å². The van der Waals surface area contributed by atoms with E-state index in [1.165, 1.54) is 6.92 Å². The van der Waals surface area contributed by atoms with Gasteiger partial charge in [-0.2, -0.15) is 0 Å². The first-order chi connectivity index (χ1) is 4.87. The van der Waals surface area contributed by atoms with Gasteiger partial charge in [-0.15, -0.1) is 4.20 Å². The van der Waals surface area contributed by atoms with Gasteiger partial charge in [-0.05, 0) is 6.42 Å². The van der Waals surface area contributed by atoms with Crippen molar-refractivity contribution in [1.82, 2.24) is 0 Å². The van der Waals surface area contributed by atoms with Crippen LogP contribution in [0.25, 0.3) is 0 Å². The van der Waals surface area contributed by atoms with Gasteiger partial charge in [-0.1, -0.05) is 13.8 Å². The molecule has 0 saturated carbocycles. The maximum absolute atomic E-state index is 11.8. The maximum Gasteiger partial charge on any atom is 0.569 e. The molecule has 0 saturated heterocycles. The highest BCUT2D eigenvalue weighted by atomic mass is 31.2. The Morgan fingerprint density at radius 3 is 2.55 bits per heavy atom. The zero-order valence-corrected chi connectivity index (χ0v) is 7.18. The van der Waals surface area contributed by atoms with Crippen molar-refractivity contribution in [2.45, 2.75) is 20.3 Å². The molecule has 0 fully saturated rings. The third-order valence-electron chi connectivity index (χ3n) is 1.22. The van der Waals surface area contributed by atoms with Crippen molar-refractivity contribution < 1.29 is 23.0 Å². The van der Waals surface area contributed by atoms with Crippen LogP contribution in [-0.2, 0) is 13.9 Å². The second-order valence-corrected chi connectivity index (χ2v) is 3.26. The lowest BCUT2D eigenvalue weighted by molar-refractivity contribution is -0.139. The molecule has 4 nitrogen and oxygen atoms in total. The summed E-state index contributed by atoms with van der Waals surface area (Å²) in [5.74, 6) is -1.54. The molecular weight excluding hydrogens is 174 g/mol. The first-order valence-electron chi connectivity index (χ1n) is 3.12. The monoisotopic (exact) mass is 184 g/mol. The third kappa shape index (κ3) is 4.93. The molecule has 0 heterocycles. The number of hydrogen-bond acceptors (Lipinski definition) is 3. The van der Waals surface area contributed by atoms with Gasteiger partial charge in [-0.25, -0.2) is 4.57 Å². The minimum absolute atomic E-state index is 0.443. The molecule has 0 bridgehead atoms. The summed E-state index contributed by atoms with van der Waals surface area (Å²) < 4.78 is 25.3. The molecule has 0 aliphatic carbocycles. The highest BCUT2D eigenvalue weighted by Crippen LogP contribution is 2.44. The van der Waals surface area contributed by atoms with E-state index in [0.717, 1.165) is 0 Å². The van der Waals surface area contributed by atoms with Crippen molar-refractivity contribution in [3.05, 3.63) is 0 Å². The second-order valence-electron chi connectivity index (χ2n) is 2.17. The van der Waals surface area contributed by atoms with Crippen LogP contribution in [0.1, 0.15) is 20.3 Å². The molecule has 2 unspecified atom stereocenters. The summed E-state index contributed by atoms with van der Waals surface area (Å²) in [4.78, 5) is 18.6. The van der Waals surface area contributed by atoms with Gasteiger partial charge >= 0.3 is 13.9 Å². The Hall–Kier alpha value is -0.410. The van der Waals surface area contributed by atoms with Gasteiger partial charge < -0.3 is 4.52 Å². The molecule has 0 aliphatic rings. The van der Waals surface area contributed by atoms with Crippen LogP contribution in [-0.4, -0.2) is 10.9 Å². The quantitative estimate of drug-likeness (QED) is 0.677. The van der Waals surface area contributed by atoms with Crippen LogP contribution in [0.2, 0.25) is 0 Å². The van der Waals surface area contributed by atoms with Crippen LogP contribution >= 0.6 is 7.91 Å². The molecular formula is C5H10FO4P. The van der Waals surface area contributed by atoms with Gasteiger partial charge in [0.05, 0.1) is 5.92 Å². The van der Waals surface area contributed by atoms with Crippen LogP contribution in [0.15, 0.2) is 0 Å². The average molecular weight is 184 g/mol. The number of rotatable bonds is 3. The fourth-order valence-corrected chi connectivity index (χ4v) is 0.770. The molecule has 1 N–H and O–H groups in total. The van der Waals surface area contributed by atoms with E-state index in [9.17, 15) is 13.6 Å². The predicted octanol–water partition coefficient (Wildman–Crippen LogP) is 1.65. The fraction of sp³-hybridized carbons (Fsp3) is 0.800. The SMILES string of the molecule is CCC(C)C(=O)OP(=O)(O)F. The zero-order valence-electron chi connectivity index (χ0n) is 6.28. The molecule has 0 aromatic heterocycles. The molecule has 0 amide bonds. The third-order valence-corrected chi connectivity index (χ3v) is 1.62. The van der Waals surface area contributed by atoms with Gasteiger partial charge in [0.2, 0.25) is 0 Å². The van der Waals surface area contributed by atoms with E-state index in [1.54, 1.807) is 6.92 Å². The topological polar surface area (TPSA) is 63.6 Å². The molecule has 0 aromatic carbocycles. The molecule has 0 radical (unpaired) electrons. The predicted molar refractivity (Wildman–Crippen MR) is 36.5 cm³/mol. The van der Waals surface area contributed by atoms with E-state index < -0.39 is 19.8 Å². The van der Waals surface area contributed by atoms with E-state index in [2.05, 4.69) is 4.52 Å². The van der Waals surface area contributed by atoms with Crippen molar-refractivity contribution in [2.75, 3.05) is 0 Å². The first-order valence-corrected chi connectivity index (χ1v) is 4.59. The van der Waals surface area contributed by atoms with Crippen molar-refractivity contribution in [1.29, 1.82) is 0 Å². The van der Waals surface area contributed by atoms with E-state index in [0.29, 0.717) is 6.42 Å². The van der Waals surface area contributed by atoms with E-state index >= 15 is 0 Å². The lowest BCUT2D eigenvalue weighted by Gasteiger charge is -2.07. The molecule has 11 heavy (non-hydrogen) atoms. The largest absolute Gasteiger partial charge is 0.569 e. The van der Waals surface area contributed by atoms with Crippen LogP contribution < -0.4 is 0 Å². The minimum Gasteiger partial charge on any atom is -0.367 e. The Balaban J connectivity index is 3.99. The van der Waals surface area contributed by atoms with Gasteiger partial charge in [0.25, 0.3) is 0 Å². The Morgan fingerprint density at radius 2 is 2.27 bits per heavy atom. The molecule has 0 aliphatic heterocycles. The molecule has 6 heteroatoms. The highest BCUT2D eigenvalue weighted by molar-refractivity contribution is 7.47. The molecule has 0 aromatic rings. The smallest absolute Gasteiger partial charge is 0.367 e. The van der Waals surface area contributed by atoms with Crippen LogP contribution in [0, 0.1) is 5.92 Å². The minimum atomic E-state index is -5.14. The summed E-state index contributed by atoms with van der Waals surface area (Å²) in [5.41, 5.74) is 0. The van der Waals surface area contributed by atoms with Crippen molar-refractivity contribution >= 4 is 13.9 Å². The summed E-state index contributed by atoms with van der Waals surface area (Å²) in [6, 6.07) is 0. The summed E-state index contributed by atoms with van der Waals surface area (Å²) in [7, 11) is -5.14. The van der Waals surface area contributed by atoms with Gasteiger partial charge in [0, 0.05) is 0 Å². The van der Waals surface area contributed by atoms with E-state index in [-0.39, 0.29) is 0 Å². The molecule has 0 spiro atoms. The lowest BCUT2D eigenvalue weighted by Crippen LogP contribution is -2.11. The van der Waals surface area contributed by atoms with Crippen LogP contribution in [0.4, 0.5) is 4.20 Å². The lowest BCUT2D eigenvalue weighted by atomic mass is 10.1. The van der Waals surface area contributed by atoms with E-state index in [1.807, 2.05) is 0 Å². The Labute approximate surface area is 64.0 Å². The average Bonchev–Trinajstić information content (AvgIpc) is 1.82. The number of carbonyl (C=O) groups excluding carboxylic acids is 1. The first kappa shape index (κ1) is 10.6. The summed E-state index contributed by atoms with van der Waals surface area (Å²) in [6.45, 7) is 3.17. The van der Waals surface area contributed by atoms with Crippen LogP contribution in [0.3, 0.4) is 0 Å². The second kappa shape index (κ2) is 3.83. The Morgan fingerprint density at radius 1 is 1.82 bits per heavy atom. The number of halogens is 1. The standard InChI is InChI=1S/C5H10FO4P/c1-3-4(2)5(7)10-11(6,8)9/h4H,3H2,1-2H3,(H,8,9). The summed E-state index contributed by atoms with van der Waals surface area (Å²) >= 11 is 0. The molecule has 2 atom stereocenters.